The average molecular weight is 446 g/mol. The molecule has 0 saturated heterocycles. The van der Waals surface area contributed by atoms with Gasteiger partial charge in [-0.3, -0.25) is 0 Å². The maximum atomic E-state index is 14.4. The van der Waals surface area contributed by atoms with E-state index in [2.05, 4.69) is 0 Å². The summed E-state index contributed by atoms with van der Waals surface area (Å²) in [7, 11) is 0. The van der Waals surface area contributed by atoms with Crippen molar-refractivity contribution in [2.75, 3.05) is 6.61 Å². The quantitative estimate of drug-likeness (QED) is 0.236. The molecule has 0 unspecified atom stereocenters. The molecular weight excluding hydrogens is 420 g/mol. The van der Waals surface area contributed by atoms with Gasteiger partial charge in [0.2, 0.25) is 11.6 Å². The molecular formula is C26H26F4O2. The van der Waals surface area contributed by atoms with E-state index < -0.39 is 23.3 Å². The van der Waals surface area contributed by atoms with Crippen molar-refractivity contribution in [3.63, 3.8) is 0 Å². The van der Waals surface area contributed by atoms with Crippen LogP contribution in [-0.2, 0) is 13.0 Å². The van der Waals surface area contributed by atoms with Crippen LogP contribution in [0.15, 0.2) is 48.5 Å². The van der Waals surface area contributed by atoms with E-state index in [1.165, 1.54) is 18.2 Å². The summed E-state index contributed by atoms with van der Waals surface area (Å²) >= 11 is 0. The van der Waals surface area contributed by atoms with E-state index in [1.807, 2.05) is 6.92 Å². The van der Waals surface area contributed by atoms with E-state index in [-0.39, 0.29) is 30.3 Å². The van der Waals surface area contributed by atoms with E-state index in [4.69, 9.17) is 9.47 Å². The van der Waals surface area contributed by atoms with Crippen molar-refractivity contribution in [1.82, 2.24) is 0 Å². The zero-order chi connectivity index (χ0) is 23.1. The largest absolute Gasteiger partial charge is 0.491 e. The highest BCUT2D eigenvalue weighted by Gasteiger charge is 2.16. The molecule has 0 radical (unpaired) electrons. The summed E-state index contributed by atoms with van der Waals surface area (Å²) in [6.07, 6.45) is 3.26. The van der Waals surface area contributed by atoms with Gasteiger partial charge in [0.05, 0.1) is 6.61 Å². The smallest absolute Gasteiger partial charge is 0.201 e. The Morgan fingerprint density at radius 3 is 2.00 bits per heavy atom. The molecule has 0 fully saturated rings. The maximum absolute atomic E-state index is 14.4. The number of hydrogen-bond acceptors (Lipinski definition) is 2. The van der Waals surface area contributed by atoms with Crippen molar-refractivity contribution in [3.8, 4) is 22.6 Å². The van der Waals surface area contributed by atoms with Crippen molar-refractivity contribution < 1.29 is 27.0 Å². The fourth-order valence-electron chi connectivity index (χ4n) is 3.41. The minimum atomic E-state index is -1.03. The Balaban J connectivity index is 1.68. The molecule has 6 heteroatoms. The second-order valence-corrected chi connectivity index (χ2v) is 7.47. The summed E-state index contributed by atoms with van der Waals surface area (Å²) < 4.78 is 67.6. The number of ether oxygens (including phenoxy) is 2. The molecule has 0 saturated carbocycles. The van der Waals surface area contributed by atoms with Gasteiger partial charge >= 0.3 is 0 Å². The molecule has 0 aliphatic rings. The monoisotopic (exact) mass is 446 g/mol. The molecule has 0 aliphatic heterocycles. The van der Waals surface area contributed by atoms with Gasteiger partial charge < -0.3 is 9.47 Å². The Labute approximate surface area is 185 Å². The zero-order valence-corrected chi connectivity index (χ0v) is 18.2. The zero-order valence-electron chi connectivity index (χ0n) is 18.2. The molecule has 3 aromatic carbocycles. The van der Waals surface area contributed by atoms with Gasteiger partial charge in [0, 0.05) is 5.56 Å². The second-order valence-electron chi connectivity index (χ2n) is 7.47. The number of hydrogen-bond donors (Lipinski definition) is 0. The van der Waals surface area contributed by atoms with Crippen LogP contribution in [-0.4, -0.2) is 6.61 Å². The number of benzene rings is 3. The minimum absolute atomic E-state index is 0.00590. The second kappa shape index (κ2) is 11.0. The number of unbranched alkanes of at least 4 members (excludes halogenated alkanes) is 2. The molecule has 0 aromatic heterocycles. The van der Waals surface area contributed by atoms with Gasteiger partial charge in [0.1, 0.15) is 6.61 Å². The molecule has 0 heterocycles. The van der Waals surface area contributed by atoms with Crippen LogP contribution in [0.2, 0.25) is 0 Å². The first-order valence-electron chi connectivity index (χ1n) is 10.8. The lowest BCUT2D eigenvalue weighted by atomic mass is 10.0. The Morgan fingerprint density at radius 2 is 1.31 bits per heavy atom. The molecule has 2 nitrogen and oxygen atoms in total. The number of halogens is 4. The molecule has 32 heavy (non-hydrogen) atoms. The van der Waals surface area contributed by atoms with Crippen LogP contribution in [0.1, 0.15) is 44.2 Å². The first kappa shape index (κ1) is 23.6. The van der Waals surface area contributed by atoms with E-state index in [9.17, 15) is 17.6 Å². The van der Waals surface area contributed by atoms with Gasteiger partial charge in [-0.1, -0.05) is 50.1 Å². The predicted octanol–water partition coefficient (Wildman–Crippen LogP) is 7.62. The summed E-state index contributed by atoms with van der Waals surface area (Å²) in [6.45, 7) is 3.98. The van der Waals surface area contributed by atoms with Crippen LogP contribution < -0.4 is 9.47 Å². The molecule has 0 aliphatic carbocycles. The lowest BCUT2D eigenvalue weighted by Gasteiger charge is -2.12. The normalized spacial score (nSPS) is 10.9. The molecule has 3 aromatic rings. The lowest BCUT2D eigenvalue weighted by Crippen LogP contribution is -2.02. The van der Waals surface area contributed by atoms with E-state index in [1.54, 1.807) is 37.3 Å². The average Bonchev–Trinajstić information content (AvgIpc) is 2.80. The Hall–Kier alpha value is -3.02. The van der Waals surface area contributed by atoms with Crippen LogP contribution in [0.3, 0.4) is 0 Å². The summed E-state index contributed by atoms with van der Waals surface area (Å²) in [5, 5.41) is 0. The maximum Gasteiger partial charge on any atom is 0.201 e. The molecule has 0 bridgehead atoms. The summed E-state index contributed by atoms with van der Waals surface area (Å²) in [4.78, 5) is 0. The Bertz CT molecular complexity index is 1050. The summed E-state index contributed by atoms with van der Waals surface area (Å²) in [5.74, 6) is -4.19. The molecule has 0 N–H and O–H groups in total. The molecule has 0 spiro atoms. The topological polar surface area (TPSA) is 18.5 Å². The summed E-state index contributed by atoms with van der Waals surface area (Å²) in [5.41, 5.74) is 1.59. The number of aryl methyl sites for hydroxylation is 1. The lowest BCUT2D eigenvalue weighted by molar-refractivity contribution is 0.284. The fourth-order valence-corrected chi connectivity index (χ4v) is 3.41. The highest BCUT2D eigenvalue weighted by atomic mass is 19.2. The predicted molar refractivity (Wildman–Crippen MR) is 117 cm³/mol. The van der Waals surface area contributed by atoms with E-state index in [0.29, 0.717) is 23.1 Å². The fraction of sp³-hybridized carbons (Fsp3) is 0.308. The van der Waals surface area contributed by atoms with Crippen LogP contribution in [0.25, 0.3) is 11.1 Å². The van der Waals surface area contributed by atoms with Crippen molar-refractivity contribution in [1.29, 1.82) is 0 Å². The first-order chi connectivity index (χ1) is 15.5. The van der Waals surface area contributed by atoms with Crippen LogP contribution in [0.5, 0.6) is 11.5 Å². The first-order valence-corrected chi connectivity index (χ1v) is 10.8. The molecule has 0 atom stereocenters. The highest BCUT2D eigenvalue weighted by molar-refractivity contribution is 5.65. The van der Waals surface area contributed by atoms with Crippen LogP contribution in [0, 0.1) is 23.3 Å². The Morgan fingerprint density at radius 1 is 0.656 bits per heavy atom. The van der Waals surface area contributed by atoms with Gasteiger partial charge in [-0.05, 0) is 54.7 Å². The highest BCUT2D eigenvalue weighted by Crippen LogP contribution is 2.30. The molecule has 0 amide bonds. The molecule has 170 valence electrons. The van der Waals surface area contributed by atoms with Crippen LogP contribution >= 0.6 is 0 Å². The van der Waals surface area contributed by atoms with E-state index >= 15 is 0 Å². The van der Waals surface area contributed by atoms with Gasteiger partial charge in [-0.2, -0.15) is 8.78 Å². The molecule has 3 rings (SSSR count). The van der Waals surface area contributed by atoms with Crippen molar-refractivity contribution >= 4 is 0 Å². The van der Waals surface area contributed by atoms with Crippen molar-refractivity contribution in [2.24, 2.45) is 0 Å². The summed E-state index contributed by atoms with van der Waals surface area (Å²) in [6, 6.07) is 12.4. The third-order valence-corrected chi connectivity index (χ3v) is 5.18. The van der Waals surface area contributed by atoms with Gasteiger partial charge in [0.25, 0.3) is 0 Å². The third-order valence-electron chi connectivity index (χ3n) is 5.18. The minimum Gasteiger partial charge on any atom is -0.491 e. The standard InChI is InChI=1S/C26H26F4O2/c1-3-5-6-7-19-12-14-22(25(29)23(19)27)32-16-17-8-10-18(11-9-17)20-13-15-21(31-4-2)26(30)24(20)28/h8-15H,3-7,16H2,1-2H3. The van der Waals surface area contributed by atoms with Gasteiger partial charge in [0.15, 0.2) is 23.1 Å². The van der Waals surface area contributed by atoms with Crippen molar-refractivity contribution in [3.05, 3.63) is 82.9 Å². The Kier molecular flexibility index (Phi) is 8.14. The van der Waals surface area contributed by atoms with Crippen LogP contribution in [0.4, 0.5) is 17.6 Å². The van der Waals surface area contributed by atoms with Gasteiger partial charge in [-0.25, -0.2) is 8.78 Å². The van der Waals surface area contributed by atoms with Gasteiger partial charge in [-0.15, -0.1) is 0 Å². The van der Waals surface area contributed by atoms with Crippen molar-refractivity contribution in [2.45, 2.75) is 46.1 Å². The third kappa shape index (κ3) is 5.42. The number of rotatable bonds is 10. The van der Waals surface area contributed by atoms with E-state index in [0.717, 1.165) is 19.3 Å². The SMILES string of the molecule is CCCCCc1ccc(OCc2ccc(-c3ccc(OCC)c(F)c3F)cc2)c(F)c1F.